The predicted molar refractivity (Wildman–Crippen MR) is 135 cm³/mol. The van der Waals surface area contributed by atoms with E-state index in [0.717, 1.165) is 38.5 Å². The van der Waals surface area contributed by atoms with Crippen molar-refractivity contribution in [3.05, 3.63) is 89.5 Å². The van der Waals surface area contributed by atoms with Crippen molar-refractivity contribution < 1.29 is 23.8 Å². The van der Waals surface area contributed by atoms with Gasteiger partial charge in [0, 0.05) is 12.3 Å². The maximum absolute atomic E-state index is 12.3. The predicted octanol–water partition coefficient (Wildman–Crippen LogP) is 7.39. The lowest BCUT2D eigenvalue weighted by molar-refractivity contribution is -0.131. The van der Waals surface area contributed by atoms with E-state index in [-0.39, 0.29) is 11.4 Å². The molecule has 3 aromatic carbocycles. The molecule has 1 fully saturated rings. The molecule has 0 spiro atoms. The normalized spacial score (nSPS) is 14.7. The largest absolute Gasteiger partial charge is 0.519 e. The van der Waals surface area contributed by atoms with E-state index in [1.807, 2.05) is 48.5 Å². The van der Waals surface area contributed by atoms with Gasteiger partial charge in [-0.15, -0.1) is 0 Å². The highest BCUT2D eigenvalue weighted by Crippen LogP contribution is 2.45. The van der Waals surface area contributed by atoms with E-state index in [0.29, 0.717) is 17.2 Å². The summed E-state index contributed by atoms with van der Waals surface area (Å²) in [6.07, 6.45) is 6.90. The van der Waals surface area contributed by atoms with E-state index >= 15 is 0 Å². The number of carbonyl (C=O) groups excluding carboxylic acids is 2. The van der Waals surface area contributed by atoms with Crippen molar-refractivity contribution in [1.82, 2.24) is 0 Å². The number of benzene rings is 3. The van der Waals surface area contributed by atoms with Crippen LogP contribution in [0.3, 0.4) is 0 Å². The molecule has 0 radical (unpaired) electrons. The summed E-state index contributed by atoms with van der Waals surface area (Å²) in [5, 5.41) is 0. The fraction of sp³-hybridized carbons (Fsp3) is 0.333. The molecule has 0 heterocycles. The third-order valence-electron chi connectivity index (χ3n) is 6.65. The van der Waals surface area contributed by atoms with Crippen LogP contribution in [0.15, 0.2) is 72.8 Å². The molecular weight excluding hydrogens is 440 g/mol. The molecule has 3 aromatic rings. The quantitative estimate of drug-likeness (QED) is 0.204. The van der Waals surface area contributed by atoms with Crippen LogP contribution in [0, 0.1) is 0 Å². The van der Waals surface area contributed by atoms with E-state index in [1.54, 1.807) is 12.1 Å². The molecular formula is C30H32O5. The summed E-state index contributed by atoms with van der Waals surface area (Å²) in [5.41, 5.74) is 3.48. The van der Waals surface area contributed by atoms with Crippen molar-refractivity contribution in [2.75, 3.05) is 0 Å². The van der Waals surface area contributed by atoms with Gasteiger partial charge in [0.15, 0.2) is 0 Å². The molecule has 0 aliphatic heterocycles. The molecule has 182 valence electrons. The SMILES string of the molecule is CCCc1ccc(OC(=O)Oc2ccc(C3(c4ccc(OC(C)=O)cc4)CCCCC3)cc2)cc1. The number of carbonyl (C=O) groups is 2. The van der Waals surface area contributed by atoms with E-state index in [1.165, 1.54) is 30.0 Å². The molecule has 0 aromatic heterocycles. The van der Waals surface area contributed by atoms with Crippen molar-refractivity contribution in [2.45, 2.75) is 64.2 Å². The van der Waals surface area contributed by atoms with Crippen molar-refractivity contribution in [2.24, 2.45) is 0 Å². The Morgan fingerprint density at radius 3 is 1.60 bits per heavy atom. The Bertz CT molecular complexity index is 1120. The van der Waals surface area contributed by atoms with Gasteiger partial charge in [-0.25, -0.2) is 4.79 Å². The molecule has 1 aliphatic carbocycles. The monoisotopic (exact) mass is 472 g/mol. The Morgan fingerprint density at radius 2 is 1.14 bits per heavy atom. The summed E-state index contributed by atoms with van der Waals surface area (Å²) in [6.45, 7) is 3.53. The molecule has 5 heteroatoms. The van der Waals surface area contributed by atoms with E-state index in [9.17, 15) is 9.59 Å². The highest BCUT2D eigenvalue weighted by molar-refractivity contribution is 5.69. The number of ether oxygens (including phenoxy) is 3. The molecule has 0 amide bonds. The summed E-state index contributed by atoms with van der Waals surface area (Å²) in [5.74, 6) is 1.13. The first kappa shape index (κ1) is 24.5. The first-order chi connectivity index (χ1) is 17.0. The third kappa shape index (κ3) is 6.10. The second-order valence-electron chi connectivity index (χ2n) is 9.13. The van der Waals surface area contributed by atoms with Crippen LogP contribution in [0.4, 0.5) is 4.79 Å². The molecule has 0 saturated heterocycles. The lowest BCUT2D eigenvalue weighted by Gasteiger charge is -2.38. The van der Waals surface area contributed by atoms with Gasteiger partial charge < -0.3 is 14.2 Å². The lowest BCUT2D eigenvalue weighted by atomic mass is 9.65. The molecule has 1 aliphatic rings. The molecule has 0 N–H and O–H groups in total. The van der Waals surface area contributed by atoms with Crippen LogP contribution in [0.5, 0.6) is 17.2 Å². The Labute approximate surface area is 207 Å². The average Bonchev–Trinajstić information content (AvgIpc) is 2.86. The summed E-state index contributed by atoms with van der Waals surface area (Å²) in [4.78, 5) is 23.6. The Hall–Kier alpha value is -3.60. The number of esters is 1. The maximum Gasteiger partial charge on any atom is 0.519 e. The van der Waals surface area contributed by atoms with Gasteiger partial charge >= 0.3 is 12.1 Å². The van der Waals surface area contributed by atoms with Gasteiger partial charge in [-0.1, -0.05) is 69.0 Å². The number of rotatable bonds is 7. The summed E-state index contributed by atoms with van der Waals surface area (Å²) < 4.78 is 16.0. The van der Waals surface area contributed by atoms with Gasteiger partial charge in [0.25, 0.3) is 0 Å². The minimum Gasteiger partial charge on any atom is -0.427 e. The summed E-state index contributed by atoms with van der Waals surface area (Å²) in [6, 6.07) is 23.0. The number of hydrogen-bond donors (Lipinski definition) is 0. The first-order valence-electron chi connectivity index (χ1n) is 12.4. The van der Waals surface area contributed by atoms with Crippen LogP contribution in [-0.2, 0) is 16.6 Å². The first-order valence-corrected chi connectivity index (χ1v) is 12.4. The Kier molecular flexibility index (Phi) is 7.86. The van der Waals surface area contributed by atoms with Crippen molar-refractivity contribution in [3.8, 4) is 17.2 Å². The molecule has 5 nitrogen and oxygen atoms in total. The van der Waals surface area contributed by atoms with Crippen LogP contribution in [0.1, 0.15) is 69.1 Å². The number of hydrogen-bond acceptors (Lipinski definition) is 5. The Morgan fingerprint density at radius 1 is 0.686 bits per heavy atom. The summed E-state index contributed by atoms with van der Waals surface area (Å²) >= 11 is 0. The van der Waals surface area contributed by atoms with Gasteiger partial charge in [0.2, 0.25) is 0 Å². The van der Waals surface area contributed by atoms with Gasteiger partial charge in [0.05, 0.1) is 0 Å². The zero-order valence-electron chi connectivity index (χ0n) is 20.4. The number of aryl methyl sites for hydroxylation is 1. The van der Waals surface area contributed by atoms with Crippen LogP contribution < -0.4 is 14.2 Å². The molecule has 4 rings (SSSR count). The standard InChI is InChI=1S/C30H32O5/c1-3-7-23-8-14-27(15-9-23)34-29(32)35-28-18-12-25(13-19-28)30(20-5-4-6-21-30)24-10-16-26(17-11-24)33-22(2)31/h8-19H,3-7,20-21H2,1-2H3. The van der Waals surface area contributed by atoms with Gasteiger partial charge in [0.1, 0.15) is 17.2 Å². The zero-order chi connectivity index (χ0) is 24.7. The second kappa shape index (κ2) is 11.2. The molecule has 0 atom stereocenters. The Balaban J connectivity index is 1.47. The topological polar surface area (TPSA) is 61.8 Å². The minimum atomic E-state index is -0.755. The van der Waals surface area contributed by atoms with Crippen LogP contribution in [0.2, 0.25) is 0 Å². The van der Waals surface area contributed by atoms with E-state index in [4.69, 9.17) is 14.2 Å². The highest BCUT2D eigenvalue weighted by Gasteiger charge is 2.35. The van der Waals surface area contributed by atoms with Gasteiger partial charge in [-0.3, -0.25) is 4.79 Å². The average molecular weight is 473 g/mol. The molecule has 1 saturated carbocycles. The fourth-order valence-corrected chi connectivity index (χ4v) is 4.98. The van der Waals surface area contributed by atoms with Crippen molar-refractivity contribution in [3.63, 3.8) is 0 Å². The van der Waals surface area contributed by atoms with Crippen LogP contribution >= 0.6 is 0 Å². The molecule has 0 unspecified atom stereocenters. The van der Waals surface area contributed by atoms with Crippen LogP contribution in [-0.4, -0.2) is 12.1 Å². The van der Waals surface area contributed by atoms with E-state index < -0.39 is 6.16 Å². The lowest BCUT2D eigenvalue weighted by Crippen LogP contribution is -2.30. The summed E-state index contributed by atoms with van der Waals surface area (Å²) in [7, 11) is 0. The second-order valence-corrected chi connectivity index (χ2v) is 9.13. The van der Waals surface area contributed by atoms with Crippen molar-refractivity contribution in [1.29, 1.82) is 0 Å². The van der Waals surface area contributed by atoms with Gasteiger partial charge in [-0.05, 0) is 72.4 Å². The highest BCUT2D eigenvalue weighted by atomic mass is 16.7. The van der Waals surface area contributed by atoms with Crippen LogP contribution in [0.25, 0.3) is 0 Å². The fourth-order valence-electron chi connectivity index (χ4n) is 4.98. The molecule has 35 heavy (non-hydrogen) atoms. The smallest absolute Gasteiger partial charge is 0.427 e. The zero-order valence-corrected chi connectivity index (χ0v) is 20.4. The van der Waals surface area contributed by atoms with Crippen molar-refractivity contribution >= 4 is 12.1 Å². The molecule has 0 bridgehead atoms. The van der Waals surface area contributed by atoms with E-state index in [2.05, 4.69) is 19.1 Å². The third-order valence-corrected chi connectivity index (χ3v) is 6.65. The minimum absolute atomic E-state index is 0.119. The van der Waals surface area contributed by atoms with Gasteiger partial charge in [-0.2, -0.15) is 0 Å². The maximum atomic E-state index is 12.3.